The first-order chi connectivity index (χ1) is 22.0. The van der Waals surface area contributed by atoms with Crippen LogP contribution in [0.2, 0.25) is 0 Å². The zero-order valence-electron chi connectivity index (χ0n) is 26.1. The molecule has 3 heterocycles. The molecule has 9 rings (SSSR count). The molecule has 6 aromatic carbocycles. The summed E-state index contributed by atoms with van der Waals surface area (Å²) in [6.45, 7) is 9.21. The minimum Gasteiger partial charge on any atom is -0.317 e. The van der Waals surface area contributed by atoms with Crippen molar-refractivity contribution >= 4 is 22.8 Å². The Hall–Kier alpha value is -5.34. The van der Waals surface area contributed by atoms with Crippen LogP contribution in [-0.4, -0.2) is 6.17 Å². The van der Waals surface area contributed by atoms with Crippen LogP contribution in [-0.2, 0) is 0 Å². The van der Waals surface area contributed by atoms with Gasteiger partial charge in [0.05, 0.1) is 22.8 Å². The number of para-hydroxylation sites is 1. The fourth-order valence-electron chi connectivity index (χ4n) is 8.11. The Kier molecular flexibility index (Phi) is 5.55. The molecular weight excluding hydrogens is 544 g/mol. The van der Waals surface area contributed by atoms with Gasteiger partial charge >= 0.3 is 0 Å². The van der Waals surface area contributed by atoms with Crippen molar-refractivity contribution in [3.05, 3.63) is 155 Å². The number of fused-ring (bicyclic) bond motifs is 16. The Morgan fingerprint density at radius 3 is 1.24 bits per heavy atom. The second-order valence-corrected chi connectivity index (χ2v) is 12.6. The fourth-order valence-corrected chi connectivity index (χ4v) is 8.11. The summed E-state index contributed by atoms with van der Waals surface area (Å²) in [5.41, 5.74) is 21.7. The molecule has 0 saturated carbocycles. The van der Waals surface area contributed by atoms with Crippen LogP contribution in [0.5, 0.6) is 0 Å². The molecule has 45 heavy (non-hydrogen) atoms. The van der Waals surface area contributed by atoms with E-state index in [4.69, 9.17) is 0 Å². The molecule has 0 fully saturated rings. The smallest absolute Gasteiger partial charge is 0.108 e. The molecule has 0 N–H and O–H groups in total. The third-order valence-electron chi connectivity index (χ3n) is 10.3. The van der Waals surface area contributed by atoms with Crippen molar-refractivity contribution in [3.8, 4) is 44.5 Å². The van der Waals surface area contributed by atoms with E-state index in [1.54, 1.807) is 0 Å². The van der Waals surface area contributed by atoms with Crippen LogP contribution in [0.3, 0.4) is 0 Å². The number of aryl methyl sites for hydroxylation is 2. The van der Waals surface area contributed by atoms with Gasteiger partial charge in [0.15, 0.2) is 0 Å². The van der Waals surface area contributed by atoms with Gasteiger partial charge in [-0.05, 0) is 77.8 Å². The summed E-state index contributed by atoms with van der Waals surface area (Å²) in [6, 6.07) is 47.4. The van der Waals surface area contributed by atoms with Crippen molar-refractivity contribution in [2.45, 2.75) is 33.9 Å². The quantitative estimate of drug-likeness (QED) is 0.177. The molecule has 6 aromatic rings. The Morgan fingerprint density at radius 1 is 0.356 bits per heavy atom. The SMILES string of the molecule is Cc1ccc2c(c1C)N1C(=C3c4ccccc4-c4ccccc4-c4cccc(C)c4N3[C@H]1C)c1ccccc1-c1ccccc1-2. The van der Waals surface area contributed by atoms with Crippen LogP contribution < -0.4 is 9.80 Å². The van der Waals surface area contributed by atoms with Crippen LogP contribution in [0, 0.1) is 20.8 Å². The Morgan fingerprint density at radius 2 is 0.733 bits per heavy atom. The van der Waals surface area contributed by atoms with E-state index >= 15 is 0 Å². The molecule has 0 unspecified atom stereocenters. The average Bonchev–Trinajstić information content (AvgIpc) is 3.35. The summed E-state index contributed by atoms with van der Waals surface area (Å²) in [4.78, 5) is 5.30. The van der Waals surface area contributed by atoms with Gasteiger partial charge in [0.1, 0.15) is 6.17 Å². The van der Waals surface area contributed by atoms with Crippen LogP contribution in [0.25, 0.3) is 55.9 Å². The van der Waals surface area contributed by atoms with Crippen molar-refractivity contribution < 1.29 is 0 Å². The Balaban J connectivity index is 1.53. The van der Waals surface area contributed by atoms with Gasteiger partial charge in [0, 0.05) is 22.3 Å². The first kappa shape index (κ1) is 26.1. The van der Waals surface area contributed by atoms with Crippen LogP contribution in [0.15, 0.2) is 127 Å². The van der Waals surface area contributed by atoms with Gasteiger partial charge < -0.3 is 9.80 Å². The van der Waals surface area contributed by atoms with Gasteiger partial charge in [0.2, 0.25) is 0 Å². The van der Waals surface area contributed by atoms with Crippen LogP contribution >= 0.6 is 0 Å². The lowest BCUT2D eigenvalue weighted by Gasteiger charge is -2.38. The van der Waals surface area contributed by atoms with E-state index in [1.807, 2.05) is 0 Å². The second kappa shape index (κ2) is 9.58. The molecule has 216 valence electrons. The second-order valence-electron chi connectivity index (χ2n) is 12.6. The minimum atomic E-state index is 0.0192. The molecule has 3 aliphatic rings. The lowest BCUT2D eigenvalue weighted by Crippen LogP contribution is -2.39. The normalized spacial score (nSPS) is 15.6. The lowest BCUT2D eigenvalue weighted by atomic mass is 9.84. The average molecular weight is 579 g/mol. The molecule has 2 nitrogen and oxygen atoms in total. The monoisotopic (exact) mass is 578 g/mol. The highest BCUT2D eigenvalue weighted by molar-refractivity contribution is 6.16. The number of nitrogens with zero attached hydrogens (tertiary/aromatic N) is 2. The molecular formula is C43H34N2. The predicted molar refractivity (Wildman–Crippen MR) is 190 cm³/mol. The maximum Gasteiger partial charge on any atom is 0.108 e. The van der Waals surface area contributed by atoms with E-state index in [0.29, 0.717) is 0 Å². The number of hydrogen-bond donors (Lipinski definition) is 0. The van der Waals surface area contributed by atoms with Crippen molar-refractivity contribution in [1.29, 1.82) is 0 Å². The summed E-state index contributed by atoms with van der Waals surface area (Å²) < 4.78 is 0. The van der Waals surface area contributed by atoms with Crippen molar-refractivity contribution in [2.24, 2.45) is 0 Å². The first-order valence-electron chi connectivity index (χ1n) is 16.0. The standard InChI is InChI=1S/C43H34N2/c1-26-24-25-39-35-20-8-6-16-31(35)34-19-10-12-22-38(34)43-42-37-21-11-9-18-33(37)30-15-5-7-17-32(30)36-23-13-14-27(2)40(36)44(42)29(4)45(43)41(39)28(26)3/h5-25,29H,1-4H3/t29-/m1/s1. The Labute approximate surface area is 265 Å². The molecule has 0 aliphatic carbocycles. The molecule has 0 saturated heterocycles. The third kappa shape index (κ3) is 3.51. The van der Waals surface area contributed by atoms with Gasteiger partial charge in [-0.1, -0.05) is 127 Å². The summed E-state index contributed by atoms with van der Waals surface area (Å²) >= 11 is 0. The maximum atomic E-state index is 2.66. The summed E-state index contributed by atoms with van der Waals surface area (Å²) in [6.07, 6.45) is 0.0192. The maximum absolute atomic E-state index is 2.66. The molecule has 0 spiro atoms. The van der Waals surface area contributed by atoms with E-state index < -0.39 is 0 Å². The topological polar surface area (TPSA) is 6.48 Å². The summed E-state index contributed by atoms with van der Waals surface area (Å²) in [7, 11) is 0. The number of rotatable bonds is 0. The number of hydrogen-bond acceptors (Lipinski definition) is 2. The van der Waals surface area contributed by atoms with E-state index in [-0.39, 0.29) is 6.17 Å². The van der Waals surface area contributed by atoms with Gasteiger partial charge in [-0.2, -0.15) is 0 Å². The number of anilines is 2. The molecule has 2 heteroatoms. The van der Waals surface area contributed by atoms with E-state index in [9.17, 15) is 0 Å². The molecule has 1 atom stereocenters. The van der Waals surface area contributed by atoms with Crippen molar-refractivity contribution in [3.63, 3.8) is 0 Å². The van der Waals surface area contributed by atoms with Gasteiger partial charge in [-0.15, -0.1) is 0 Å². The molecule has 3 aliphatic heterocycles. The summed E-state index contributed by atoms with van der Waals surface area (Å²) in [5.74, 6) is 0. The van der Waals surface area contributed by atoms with E-state index in [2.05, 4.69) is 165 Å². The van der Waals surface area contributed by atoms with Gasteiger partial charge in [-0.25, -0.2) is 0 Å². The van der Waals surface area contributed by atoms with E-state index in [1.165, 1.54) is 95.1 Å². The third-order valence-corrected chi connectivity index (χ3v) is 10.3. The molecule has 0 radical (unpaired) electrons. The zero-order chi connectivity index (χ0) is 30.4. The first-order valence-corrected chi connectivity index (χ1v) is 16.0. The molecule has 0 amide bonds. The Bertz CT molecular complexity index is 2240. The van der Waals surface area contributed by atoms with Gasteiger partial charge in [-0.3, -0.25) is 0 Å². The van der Waals surface area contributed by atoms with Gasteiger partial charge in [0.25, 0.3) is 0 Å². The predicted octanol–water partition coefficient (Wildman–Crippen LogP) is 11.1. The molecule has 0 aromatic heterocycles. The lowest BCUT2D eigenvalue weighted by molar-refractivity contribution is 0.756. The highest BCUT2D eigenvalue weighted by Gasteiger charge is 2.44. The van der Waals surface area contributed by atoms with Crippen LogP contribution in [0.4, 0.5) is 11.4 Å². The highest BCUT2D eigenvalue weighted by Crippen LogP contribution is 2.57. The number of benzene rings is 6. The highest BCUT2D eigenvalue weighted by atomic mass is 15.4. The largest absolute Gasteiger partial charge is 0.317 e. The molecule has 0 bridgehead atoms. The van der Waals surface area contributed by atoms with Crippen molar-refractivity contribution in [2.75, 3.05) is 9.80 Å². The van der Waals surface area contributed by atoms with E-state index in [0.717, 1.165) is 0 Å². The van der Waals surface area contributed by atoms with Crippen molar-refractivity contribution in [1.82, 2.24) is 0 Å². The summed E-state index contributed by atoms with van der Waals surface area (Å²) in [5, 5.41) is 0. The minimum absolute atomic E-state index is 0.0192. The zero-order valence-corrected chi connectivity index (χ0v) is 26.1. The van der Waals surface area contributed by atoms with Crippen LogP contribution in [0.1, 0.15) is 34.7 Å². The fraction of sp³-hybridized carbons (Fsp3) is 0.116.